The van der Waals surface area contributed by atoms with Gasteiger partial charge in [0.2, 0.25) is 0 Å². The van der Waals surface area contributed by atoms with Crippen molar-refractivity contribution < 1.29 is 17.6 Å². The van der Waals surface area contributed by atoms with Crippen LogP contribution in [-0.2, 0) is 10.0 Å². The Balaban J connectivity index is 1.53. The molecule has 10 heteroatoms. The maximum absolute atomic E-state index is 13.3. The average molecular weight is 425 g/mol. The number of aromatic nitrogens is 3. The molecule has 30 heavy (non-hydrogen) atoms. The number of hydrogen-bond acceptors (Lipinski definition) is 5. The Kier molecular flexibility index (Phi) is 4.92. The van der Waals surface area contributed by atoms with Gasteiger partial charge in [0, 0.05) is 18.1 Å². The standard InChI is InChI=1S/C20H16FN5O3S/c1-13-18(19-22-10-3-11-26(19)24-13)20(27)23-15-6-8-17(9-7-15)30(28,29)25-16-5-2-4-14(21)12-16/h2-12,25H,1H3,(H,23,27). The highest BCUT2D eigenvalue weighted by Crippen LogP contribution is 2.20. The normalized spacial score (nSPS) is 11.4. The number of carbonyl (C=O) groups excluding carboxylic acids is 1. The molecule has 0 bridgehead atoms. The highest BCUT2D eigenvalue weighted by atomic mass is 32.2. The minimum Gasteiger partial charge on any atom is -0.322 e. The van der Waals surface area contributed by atoms with Gasteiger partial charge in [-0.3, -0.25) is 9.52 Å². The Morgan fingerprint density at radius 2 is 1.83 bits per heavy atom. The third-order valence-corrected chi connectivity index (χ3v) is 5.69. The lowest BCUT2D eigenvalue weighted by Crippen LogP contribution is -2.15. The molecule has 0 aliphatic rings. The van der Waals surface area contributed by atoms with Gasteiger partial charge in [0.05, 0.1) is 16.3 Å². The van der Waals surface area contributed by atoms with Crippen LogP contribution in [0.2, 0.25) is 0 Å². The van der Waals surface area contributed by atoms with E-state index in [-0.39, 0.29) is 10.6 Å². The Morgan fingerprint density at radius 1 is 1.07 bits per heavy atom. The number of carbonyl (C=O) groups is 1. The van der Waals surface area contributed by atoms with Crippen LogP contribution in [0.15, 0.2) is 71.9 Å². The summed E-state index contributed by atoms with van der Waals surface area (Å²) in [5.74, 6) is -0.958. The zero-order chi connectivity index (χ0) is 21.3. The maximum Gasteiger partial charge on any atom is 0.261 e. The number of aryl methyl sites for hydroxylation is 1. The summed E-state index contributed by atoms with van der Waals surface area (Å²) in [4.78, 5) is 16.8. The maximum atomic E-state index is 13.3. The van der Waals surface area contributed by atoms with Crippen LogP contribution < -0.4 is 10.0 Å². The Bertz CT molecular complexity index is 1350. The summed E-state index contributed by atoms with van der Waals surface area (Å²) in [6.45, 7) is 1.71. The van der Waals surface area contributed by atoms with Crippen LogP contribution in [-0.4, -0.2) is 28.9 Å². The summed E-state index contributed by atoms with van der Waals surface area (Å²) in [7, 11) is -3.91. The van der Waals surface area contributed by atoms with Crippen LogP contribution in [0.3, 0.4) is 0 Å². The van der Waals surface area contributed by atoms with Gasteiger partial charge in [0.15, 0.2) is 5.65 Å². The number of fused-ring (bicyclic) bond motifs is 1. The summed E-state index contributed by atoms with van der Waals surface area (Å²) in [6, 6.07) is 12.5. The first-order chi connectivity index (χ1) is 14.3. The van der Waals surface area contributed by atoms with Crippen molar-refractivity contribution in [2.24, 2.45) is 0 Å². The van der Waals surface area contributed by atoms with Gasteiger partial charge in [-0.2, -0.15) is 5.10 Å². The SMILES string of the molecule is Cc1nn2cccnc2c1C(=O)Nc1ccc(S(=O)(=O)Nc2cccc(F)c2)cc1. The topological polar surface area (TPSA) is 105 Å². The van der Waals surface area contributed by atoms with Gasteiger partial charge in [-0.05, 0) is 55.5 Å². The molecule has 2 heterocycles. The van der Waals surface area contributed by atoms with Gasteiger partial charge < -0.3 is 5.32 Å². The van der Waals surface area contributed by atoms with Gasteiger partial charge >= 0.3 is 0 Å². The van der Waals surface area contributed by atoms with Crippen LogP contribution in [0.1, 0.15) is 16.1 Å². The van der Waals surface area contributed by atoms with Crippen molar-refractivity contribution in [3.05, 3.63) is 84.1 Å². The van der Waals surface area contributed by atoms with Crippen molar-refractivity contribution in [2.45, 2.75) is 11.8 Å². The Hall–Kier alpha value is -3.79. The van der Waals surface area contributed by atoms with Gasteiger partial charge in [0.25, 0.3) is 15.9 Å². The van der Waals surface area contributed by atoms with Crippen molar-refractivity contribution in [3.63, 3.8) is 0 Å². The third kappa shape index (κ3) is 3.85. The molecule has 152 valence electrons. The number of nitrogens with zero attached hydrogens (tertiary/aromatic N) is 3. The molecular formula is C20H16FN5O3S. The molecular weight excluding hydrogens is 409 g/mol. The van der Waals surface area contributed by atoms with E-state index in [4.69, 9.17) is 0 Å². The summed E-state index contributed by atoms with van der Waals surface area (Å²) in [5, 5.41) is 6.96. The van der Waals surface area contributed by atoms with Crippen LogP contribution in [0.4, 0.5) is 15.8 Å². The van der Waals surface area contributed by atoms with Crippen LogP contribution in [0.25, 0.3) is 5.65 Å². The van der Waals surface area contributed by atoms with E-state index in [1.807, 2.05) is 0 Å². The Morgan fingerprint density at radius 3 is 2.57 bits per heavy atom. The van der Waals surface area contributed by atoms with Crippen molar-refractivity contribution >= 4 is 33.0 Å². The lowest BCUT2D eigenvalue weighted by Gasteiger charge is -2.09. The number of rotatable bonds is 5. The largest absolute Gasteiger partial charge is 0.322 e. The number of amides is 1. The van der Waals surface area contributed by atoms with Gasteiger partial charge in [0.1, 0.15) is 11.4 Å². The molecule has 1 amide bonds. The molecule has 8 nitrogen and oxygen atoms in total. The number of anilines is 2. The number of hydrogen-bond donors (Lipinski definition) is 2. The molecule has 0 atom stereocenters. The molecule has 4 aromatic rings. The predicted octanol–water partition coefficient (Wildman–Crippen LogP) is 3.23. The fourth-order valence-corrected chi connectivity index (χ4v) is 3.99. The second-order valence-electron chi connectivity index (χ2n) is 6.44. The van der Waals surface area contributed by atoms with E-state index < -0.39 is 21.7 Å². The monoisotopic (exact) mass is 425 g/mol. The number of halogens is 1. The molecule has 0 radical (unpaired) electrons. The molecule has 0 unspecified atom stereocenters. The Labute approximate surface area is 171 Å². The number of sulfonamides is 1. The lowest BCUT2D eigenvalue weighted by atomic mass is 10.2. The fourth-order valence-electron chi connectivity index (χ4n) is 2.94. The quantitative estimate of drug-likeness (QED) is 0.511. The molecule has 2 aromatic carbocycles. The van der Waals surface area contributed by atoms with E-state index in [1.165, 1.54) is 47.0 Å². The van der Waals surface area contributed by atoms with Crippen LogP contribution in [0, 0.1) is 12.7 Å². The third-order valence-electron chi connectivity index (χ3n) is 4.30. The van der Waals surface area contributed by atoms with E-state index >= 15 is 0 Å². The van der Waals surface area contributed by atoms with Crippen molar-refractivity contribution in [1.29, 1.82) is 0 Å². The second-order valence-corrected chi connectivity index (χ2v) is 8.13. The molecule has 0 fully saturated rings. The predicted molar refractivity (Wildman–Crippen MR) is 109 cm³/mol. The number of benzene rings is 2. The highest BCUT2D eigenvalue weighted by Gasteiger charge is 2.19. The van der Waals surface area contributed by atoms with Crippen LogP contribution in [0.5, 0.6) is 0 Å². The molecule has 4 rings (SSSR count). The molecule has 2 N–H and O–H groups in total. The smallest absolute Gasteiger partial charge is 0.261 e. The average Bonchev–Trinajstić information content (AvgIpc) is 3.04. The summed E-state index contributed by atoms with van der Waals surface area (Å²) < 4.78 is 42.1. The summed E-state index contributed by atoms with van der Waals surface area (Å²) >= 11 is 0. The van der Waals surface area contributed by atoms with Crippen molar-refractivity contribution in [1.82, 2.24) is 14.6 Å². The van der Waals surface area contributed by atoms with E-state index in [9.17, 15) is 17.6 Å². The van der Waals surface area contributed by atoms with E-state index in [2.05, 4.69) is 20.1 Å². The molecule has 0 aliphatic carbocycles. The van der Waals surface area contributed by atoms with E-state index in [1.54, 1.807) is 25.4 Å². The minimum atomic E-state index is -3.91. The molecule has 0 saturated carbocycles. The van der Waals surface area contributed by atoms with Gasteiger partial charge in [-0.25, -0.2) is 22.3 Å². The van der Waals surface area contributed by atoms with Gasteiger partial charge in [-0.1, -0.05) is 6.07 Å². The summed E-state index contributed by atoms with van der Waals surface area (Å²) in [5.41, 5.74) is 1.79. The second kappa shape index (κ2) is 7.56. The summed E-state index contributed by atoms with van der Waals surface area (Å²) in [6.07, 6.45) is 3.26. The van der Waals surface area contributed by atoms with Crippen molar-refractivity contribution in [2.75, 3.05) is 10.0 Å². The van der Waals surface area contributed by atoms with Crippen molar-refractivity contribution in [3.8, 4) is 0 Å². The first kappa shape index (κ1) is 19.5. The first-order valence-corrected chi connectivity index (χ1v) is 10.3. The molecule has 0 aliphatic heterocycles. The van der Waals surface area contributed by atoms with Gasteiger partial charge in [-0.15, -0.1) is 0 Å². The zero-order valence-corrected chi connectivity index (χ0v) is 16.5. The zero-order valence-electron chi connectivity index (χ0n) is 15.7. The van der Waals surface area contributed by atoms with E-state index in [0.717, 1.165) is 6.07 Å². The number of nitrogens with one attached hydrogen (secondary N) is 2. The molecule has 2 aromatic heterocycles. The highest BCUT2D eigenvalue weighted by molar-refractivity contribution is 7.92. The first-order valence-electron chi connectivity index (χ1n) is 8.83. The molecule has 0 saturated heterocycles. The minimum absolute atomic E-state index is 0.0291. The van der Waals surface area contributed by atoms with Crippen LogP contribution >= 0.6 is 0 Å². The lowest BCUT2D eigenvalue weighted by molar-refractivity contribution is 0.102. The fraction of sp³-hybridized carbons (Fsp3) is 0.0500. The molecule has 0 spiro atoms. The van der Waals surface area contributed by atoms with E-state index in [0.29, 0.717) is 22.6 Å².